The van der Waals surface area contributed by atoms with Crippen LogP contribution in [0.5, 0.6) is 0 Å². The van der Waals surface area contributed by atoms with Crippen LogP contribution in [0.2, 0.25) is 0 Å². The van der Waals surface area contributed by atoms with Gasteiger partial charge in [0, 0.05) is 19.0 Å². The molecule has 0 aliphatic rings. The molecule has 1 atom stereocenters. The van der Waals surface area contributed by atoms with Crippen molar-refractivity contribution in [3.8, 4) is 0 Å². The van der Waals surface area contributed by atoms with Gasteiger partial charge in [-0.1, -0.05) is 12.1 Å². The predicted octanol–water partition coefficient (Wildman–Crippen LogP) is 1.43. The second-order valence-electron chi connectivity index (χ2n) is 4.16. The molecular weight excluding hydrogens is 234 g/mol. The van der Waals surface area contributed by atoms with Crippen LogP contribution in [0.4, 0.5) is 0 Å². The fraction of sp³-hybridized carbons (Fsp3) is 0.500. The second kappa shape index (κ2) is 6.09. The van der Waals surface area contributed by atoms with Gasteiger partial charge in [-0.3, -0.25) is 4.79 Å². The maximum atomic E-state index is 12.2. The Morgan fingerprint density at radius 3 is 2.78 bits per heavy atom. The lowest BCUT2D eigenvalue weighted by Crippen LogP contribution is -2.38. The highest BCUT2D eigenvalue weighted by atomic mass is 16.4. The highest BCUT2D eigenvalue weighted by Gasteiger charge is 2.21. The molecule has 3 N–H and O–H groups in total. The van der Waals surface area contributed by atoms with Gasteiger partial charge in [-0.05, 0) is 19.9 Å². The fourth-order valence-electron chi connectivity index (χ4n) is 1.66. The Labute approximate surface area is 106 Å². The van der Waals surface area contributed by atoms with Gasteiger partial charge in [0.1, 0.15) is 11.6 Å². The minimum atomic E-state index is -0.203. The molecule has 0 saturated carbocycles. The van der Waals surface area contributed by atoms with E-state index in [1.165, 1.54) is 6.26 Å². The molecular formula is C12H19N3O3. The average molecular weight is 253 g/mol. The Hall–Kier alpha value is -1.98. The van der Waals surface area contributed by atoms with Gasteiger partial charge in [0.05, 0.1) is 11.8 Å². The third kappa shape index (κ3) is 3.03. The lowest BCUT2D eigenvalue weighted by Gasteiger charge is -2.23. The number of aryl methyl sites for hydroxylation is 1. The number of carbonyl (C=O) groups is 1. The molecule has 1 unspecified atom stereocenters. The van der Waals surface area contributed by atoms with Gasteiger partial charge < -0.3 is 20.3 Å². The molecule has 0 fully saturated rings. The van der Waals surface area contributed by atoms with E-state index in [-0.39, 0.29) is 17.7 Å². The number of hydrogen-bond acceptors (Lipinski definition) is 4. The van der Waals surface area contributed by atoms with Crippen molar-refractivity contribution in [1.82, 2.24) is 4.90 Å². The van der Waals surface area contributed by atoms with Crippen LogP contribution in [0.15, 0.2) is 21.9 Å². The first-order valence-corrected chi connectivity index (χ1v) is 5.82. The van der Waals surface area contributed by atoms with Crippen LogP contribution in [0.1, 0.15) is 30.0 Å². The molecule has 0 aliphatic carbocycles. The van der Waals surface area contributed by atoms with E-state index in [0.717, 1.165) is 0 Å². The van der Waals surface area contributed by atoms with Crippen LogP contribution < -0.4 is 5.73 Å². The lowest BCUT2D eigenvalue weighted by molar-refractivity contribution is 0.0752. The van der Waals surface area contributed by atoms with Crippen LogP contribution in [-0.4, -0.2) is 34.9 Å². The molecule has 6 heteroatoms. The average Bonchev–Trinajstić information content (AvgIpc) is 2.79. The highest BCUT2D eigenvalue weighted by molar-refractivity contribution is 5.95. The number of rotatable bonds is 5. The van der Waals surface area contributed by atoms with Gasteiger partial charge >= 0.3 is 0 Å². The fourth-order valence-corrected chi connectivity index (χ4v) is 1.66. The van der Waals surface area contributed by atoms with Gasteiger partial charge in [0.25, 0.3) is 5.91 Å². The summed E-state index contributed by atoms with van der Waals surface area (Å²) in [4.78, 5) is 13.9. The lowest BCUT2D eigenvalue weighted by atomic mass is 10.1. The standard InChI is InChI=1S/C12H19N3O3/c1-4-15(7-8(2)11(13)14-17)12(16)10-5-6-18-9(10)3/h5-6,8,17H,4,7H2,1-3H3,(H2,13,14). The summed E-state index contributed by atoms with van der Waals surface area (Å²) >= 11 is 0. The molecule has 1 amide bonds. The summed E-state index contributed by atoms with van der Waals surface area (Å²) in [6.07, 6.45) is 1.49. The van der Waals surface area contributed by atoms with Gasteiger partial charge in [0.2, 0.25) is 0 Å². The zero-order chi connectivity index (χ0) is 13.7. The van der Waals surface area contributed by atoms with E-state index in [9.17, 15) is 4.79 Å². The molecule has 1 rings (SSSR count). The van der Waals surface area contributed by atoms with Crippen molar-refractivity contribution in [1.29, 1.82) is 0 Å². The zero-order valence-corrected chi connectivity index (χ0v) is 10.9. The van der Waals surface area contributed by atoms with Crippen LogP contribution >= 0.6 is 0 Å². The Bertz CT molecular complexity index is 440. The Kier molecular flexibility index (Phi) is 4.76. The van der Waals surface area contributed by atoms with Crippen molar-refractivity contribution in [2.45, 2.75) is 20.8 Å². The van der Waals surface area contributed by atoms with Crippen molar-refractivity contribution in [3.05, 3.63) is 23.7 Å². The topological polar surface area (TPSA) is 92.1 Å². The molecule has 100 valence electrons. The SMILES string of the molecule is CCN(CC(C)/C(N)=N/O)C(=O)c1ccoc1C. The van der Waals surface area contributed by atoms with E-state index < -0.39 is 0 Å². The molecule has 1 heterocycles. The van der Waals surface area contributed by atoms with E-state index in [4.69, 9.17) is 15.4 Å². The normalized spacial score (nSPS) is 13.4. The van der Waals surface area contributed by atoms with Gasteiger partial charge in [0.15, 0.2) is 0 Å². The maximum Gasteiger partial charge on any atom is 0.257 e. The van der Waals surface area contributed by atoms with Crippen molar-refractivity contribution in [3.63, 3.8) is 0 Å². The molecule has 0 radical (unpaired) electrons. The smallest absolute Gasteiger partial charge is 0.257 e. The van der Waals surface area contributed by atoms with Crippen LogP contribution in [-0.2, 0) is 0 Å². The maximum absolute atomic E-state index is 12.2. The molecule has 1 aromatic rings. The number of hydrogen-bond donors (Lipinski definition) is 2. The molecule has 0 bridgehead atoms. The third-order valence-corrected chi connectivity index (χ3v) is 2.87. The number of nitrogens with zero attached hydrogens (tertiary/aromatic N) is 2. The molecule has 6 nitrogen and oxygen atoms in total. The Morgan fingerprint density at radius 1 is 1.67 bits per heavy atom. The molecule has 0 saturated heterocycles. The summed E-state index contributed by atoms with van der Waals surface area (Å²) in [5, 5.41) is 11.6. The molecule has 0 aliphatic heterocycles. The first kappa shape index (κ1) is 14.1. The number of amides is 1. The van der Waals surface area contributed by atoms with E-state index in [0.29, 0.717) is 24.4 Å². The summed E-state index contributed by atoms with van der Waals surface area (Å²) in [5.74, 6) is 0.396. The van der Waals surface area contributed by atoms with Gasteiger partial charge in [-0.15, -0.1) is 0 Å². The largest absolute Gasteiger partial charge is 0.469 e. The minimum Gasteiger partial charge on any atom is -0.469 e. The van der Waals surface area contributed by atoms with Gasteiger partial charge in [-0.2, -0.15) is 0 Å². The number of carbonyl (C=O) groups excluding carboxylic acids is 1. The number of nitrogens with two attached hydrogens (primary N) is 1. The second-order valence-corrected chi connectivity index (χ2v) is 4.16. The van der Waals surface area contributed by atoms with Crippen molar-refractivity contribution >= 4 is 11.7 Å². The predicted molar refractivity (Wildman–Crippen MR) is 67.6 cm³/mol. The summed E-state index contributed by atoms with van der Waals surface area (Å²) in [5.41, 5.74) is 6.06. The molecule has 18 heavy (non-hydrogen) atoms. The number of furan rings is 1. The van der Waals surface area contributed by atoms with E-state index in [1.54, 1.807) is 24.8 Å². The van der Waals surface area contributed by atoms with E-state index in [2.05, 4.69) is 5.16 Å². The monoisotopic (exact) mass is 253 g/mol. The van der Waals surface area contributed by atoms with Crippen LogP contribution in [0.25, 0.3) is 0 Å². The Morgan fingerprint density at radius 2 is 2.33 bits per heavy atom. The first-order chi connectivity index (χ1) is 8.51. The Balaban J connectivity index is 2.79. The first-order valence-electron chi connectivity index (χ1n) is 5.82. The van der Waals surface area contributed by atoms with Crippen molar-refractivity contribution < 1.29 is 14.4 Å². The number of amidine groups is 1. The van der Waals surface area contributed by atoms with Crippen LogP contribution in [0.3, 0.4) is 0 Å². The van der Waals surface area contributed by atoms with Crippen molar-refractivity contribution in [2.24, 2.45) is 16.8 Å². The summed E-state index contributed by atoms with van der Waals surface area (Å²) < 4.78 is 5.12. The summed E-state index contributed by atoms with van der Waals surface area (Å²) in [7, 11) is 0. The molecule has 0 aromatic carbocycles. The minimum absolute atomic E-state index is 0.110. The van der Waals surface area contributed by atoms with E-state index >= 15 is 0 Å². The summed E-state index contributed by atoms with van der Waals surface area (Å²) in [6.45, 7) is 6.37. The quantitative estimate of drug-likeness (QED) is 0.359. The van der Waals surface area contributed by atoms with Crippen LogP contribution in [0, 0.1) is 12.8 Å². The zero-order valence-electron chi connectivity index (χ0n) is 10.9. The van der Waals surface area contributed by atoms with E-state index in [1.807, 2.05) is 6.92 Å². The highest BCUT2D eigenvalue weighted by Crippen LogP contribution is 2.13. The van der Waals surface area contributed by atoms with Gasteiger partial charge in [-0.25, -0.2) is 0 Å². The van der Waals surface area contributed by atoms with Crippen molar-refractivity contribution in [2.75, 3.05) is 13.1 Å². The molecule has 1 aromatic heterocycles. The summed E-state index contributed by atoms with van der Waals surface area (Å²) in [6, 6.07) is 1.65. The third-order valence-electron chi connectivity index (χ3n) is 2.87. The molecule has 0 spiro atoms. The number of oxime groups is 1.